The minimum absolute atomic E-state index is 0.0225. The fraction of sp³-hybridized carbons (Fsp3) is 0.353. The quantitative estimate of drug-likeness (QED) is 0.772. The Hall–Kier alpha value is -2.18. The maximum Gasteiger partial charge on any atom is 0.264 e. The number of nitrogens with one attached hydrogen (secondary N) is 2. The van der Waals surface area contributed by atoms with E-state index in [0.29, 0.717) is 22.1 Å². The summed E-state index contributed by atoms with van der Waals surface area (Å²) in [5, 5.41) is 13.2. The summed E-state index contributed by atoms with van der Waals surface area (Å²) >= 11 is 5.80. The maximum absolute atomic E-state index is 12.3. The third-order valence-electron chi connectivity index (χ3n) is 3.60. The zero-order valence-corrected chi connectivity index (χ0v) is 14.5. The van der Waals surface area contributed by atoms with Crippen LogP contribution < -0.4 is 10.9 Å². The third kappa shape index (κ3) is 4.21. The van der Waals surface area contributed by atoms with Gasteiger partial charge in [-0.15, -0.1) is 0 Å². The number of amides is 1. The van der Waals surface area contributed by atoms with Gasteiger partial charge in [-0.1, -0.05) is 37.6 Å². The van der Waals surface area contributed by atoms with E-state index in [9.17, 15) is 14.7 Å². The Kier molecular flexibility index (Phi) is 5.75. The highest BCUT2D eigenvalue weighted by Gasteiger charge is 2.18. The van der Waals surface area contributed by atoms with Crippen molar-refractivity contribution in [1.29, 1.82) is 0 Å². The molecule has 6 nitrogen and oxygen atoms in total. The Bertz CT molecular complexity index is 785. The first-order valence-electron chi connectivity index (χ1n) is 7.62. The first kappa shape index (κ1) is 18.2. The summed E-state index contributed by atoms with van der Waals surface area (Å²) in [4.78, 5) is 31.3. The third-order valence-corrected chi connectivity index (χ3v) is 3.86. The smallest absolute Gasteiger partial charge is 0.264 e. The molecule has 1 aromatic carbocycles. The molecule has 1 aromatic heterocycles. The summed E-state index contributed by atoms with van der Waals surface area (Å²) in [6.07, 6.45) is -0.895. The van der Waals surface area contributed by atoms with Gasteiger partial charge in [0.05, 0.1) is 11.8 Å². The van der Waals surface area contributed by atoms with Crippen molar-refractivity contribution >= 4 is 17.5 Å². The van der Waals surface area contributed by atoms with Crippen LogP contribution in [0.2, 0.25) is 5.02 Å². The van der Waals surface area contributed by atoms with Gasteiger partial charge < -0.3 is 15.4 Å². The summed E-state index contributed by atoms with van der Waals surface area (Å²) in [6.45, 7) is 5.40. The van der Waals surface area contributed by atoms with E-state index in [1.54, 1.807) is 31.2 Å². The number of aromatic amines is 1. The zero-order chi connectivity index (χ0) is 17.9. The van der Waals surface area contributed by atoms with Crippen LogP contribution in [0.1, 0.15) is 53.3 Å². The lowest BCUT2D eigenvalue weighted by Gasteiger charge is -2.13. The van der Waals surface area contributed by atoms with Gasteiger partial charge in [0, 0.05) is 17.5 Å². The summed E-state index contributed by atoms with van der Waals surface area (Å²) in [7, 11) is 0. The molecule has 24 heavy (non-hydrogen) atoms. The van der Waals surface area contributed by atoms with E-state index in [-0.39, 0.29) is 18.0 Å². The van der Waals surface area contributed by atoms with Crippen LogP contribution in [0.5, 0.6) is 0 Å². The van der Waals surface area contributed by atoms with Crippen LogP contribution in [-0.4, -0.2) is 27.5 Å². The molecule has 0 bridgehead atoms. The molecule has 0 aliphatic carbocycles. The molecular formula is C17H20ClN3O3. The number of aromatic nitrogens is 2. The SMILES string of the molecule is Cc1nc(C(C)C)[nH]c(=O)c1C(=O)NC[C@H](O)c1ccc(Cl)cc1. The standard InChI is InChI=1S/C17H20ClN3O3/c1-9(2)15-20-10(3)14(17(24)21-15)16(23)19-8-13(22)11-4-6-12(18)7-5-11/h4-7,9,13,22H,8H2,1-3H3,(H,19,23)(H,20,21,24)/t13-/m0/s1. The number of aliphatic hydroxyl groups is 1. The Morgan fingerprint density at radius 3 is 2.50 bits per heavy atom. The van der Waals surface area contributed by atoms with Crippen molar-refractivity contribution in [2.24, 2.45) is 0 Å². The van der Waals surface area contributed by atoms with Crippen LogP contribution in [0.25, 0.3) is 0 Å². The van der Waals surface area contributed by atoms with Crippen molar-refractivity contribution in [3.05, 3.63) is 62.3 Å². The number of aryl methyl sites for hydroxylation is 1. The maximum atomic E-state index is 12.3. The van der Waals surface area contributed by atoms with E-state index in [1.807, 2.05) is 13.8 Å². The van der Waals surface area contributed by atoms with E-state index in [1.165, 1.54) is 0 Å². The van der Waals surface area contributed by atoms with Crippen molar-refractivity contribution in [2.45, 2.75) is 32.8 Å². The van der Waals surface area contributed by atoms with Crippen LogP contribution in [-0.2, 0) is 0 Å². The fourth-order valence-corrected chi connectivity index (χ4v) is 2.36. The van der Waals surface area contributed by atoms with Crippen molar-refractivity contribution in [3.8, 4) is 0 Å². The lowest BCUT2D eigenvalue weighted by atomic mass is 10.1. The highest BCUT2D eigenvalue weighted by atomic mass is 35.5. The highest BCUT2D eigenvalue weighted by Crippen LogP contribution is 2.16. The van der Waals surface area contributed by atoms with Gasteiger partial charge >= 0.3 is 0 Å². The van der Waals surface area contributed by atoms with E-state index in [4.69, 9.17) is 11.6 Å². The minimum atomic E-state index is -0.895. The predicted octanol–water partition coefficient (Wildman–Crippen LogP) is 2.32. The van der Waals surface area contributed by atoms with Crippen LogP contribution >= 0.6 is 11.6 Å². The first-order valence-corrected chi connectivity index (χ1v) is 8.00. The van der Waals surface area contributed by atoms with Gasteiger partial charge in [0.25, 0.3) is 11.5 Å². The predicted molar refractivity (Wildman–Crippen MR) is 92.4 cm³/mol. The van der Waals surface area contributed by atoms with Gasteiger partial charge in [-0.25, -0.2) is 4.98 Å². The molecule has 1 amide bonds. The van der Waals surface area contributed by atoms with Crippen LogP contribution in [0.3, 0.4) is 0 Å². The van der Waals surface area contributed by atoms with Gasteiger partial charge in [0.1, 0.15) is 11.4 Å². The van der Waals surface area contributed by atoms with Crippen molar-refractivity contribution in [1.82, 2.24) is 15.3 Å². The molecule has 3 N–H and O–H groups in total. The van der Waals surface area contributed by atoms with E-state index in [0.717, 1.165) is 0 Å². The van der Waals surface area contributed by atoms with Crippen LogP contribution in [0, 0.1) is 6.92 Å². The van der Waals surface area contributed by atoms with Crippen molar-refractivity contribution in [3.63, 3.8) is 0 Å². The van der Waals surface area contributed by atoms with Gasteiger partial charge in [0.2, 0.25) is 0 Å². The molecule has 0 aliphatic heterocycles. The molecule has 0 aliphatic rings. The summed E-state index contributed by atoms with van der Waals surface area (Å²) < 4.78 is 0. The number of nitrogens with zero attached hydrogens (tertiary/aromatic N) is 1. The number of rotatable bonds is 5. The van der Waals surface area contributed by atoms with Crippen molar-refractivity contribution in [2.75, 3.05) is 6.54 Å². The number of hydrogen-bond acceptors (Lipinski definition) is 4. The monoisotopic (exact) mass is 349 g/mol. The first-order chi connectivity index (χ1) is 11.3. The number of H-pyrrole nitrogens is 1. The van der Waals surface area contributed by atoms with Gasteiger partial charge in [-0.05, 0) is 24.6 Å². The molecule has 7 heteroatoms. The molecule has 0 saturated carbocycles. The summed E-state index contributed by atoms with van der Waals surface area (Å²) in [6, 6.07) is 6.67. The number of carbonyl (C=O) groups is 1. The van der Waals surface area contributed by atoms with E-state index < -0.39 is 17.6 Å². The molecule has 0 unspecified atom stereocenters. The van der Waals surface area contributed by atoms with Crippen LogP contribution in [0.15, 0.2) is 29.1 Å². The lowest BCUT2D eigenvalue weighted by Crippen LogP contribution is -2.34. The molecule has 0 fully saturated rings. The van der Waals surface area contributed by atoms with Crippen LogP contribution in [0.4, 0.5) is 0 Å². The second-order valence-corrected chi connectivity index (χ2v) is 6.28. The molecule has 1 heterocycles. The number of carbonyl (C=O) groups excluding carboxylic acids is 1. The average Bonchev–Trinajstić information content (AvgIpc) is 2.52. The molecule has 1 atom stereocenters. The number of benzene rings is 1. The number of hydrogen-bond donors (Lipinski definition) is 3. The largest absolute Gasteiger partial charge is 0.387 e. The molecule has 0 radical (unpaired) electrons. The van der Waals surface area contributed by atoms with Gasteiger partial charge in [-0.2, -0.15) is 0 Å². The Balaban J connectivity index is 2.10. The molecular weight excluding hydrogens is 330 g/mol. The zero-order valence-electron chi connectivity index (χ0n) is 13.8. The molecule has 128 valence electrons. The van der Waals surface area contributed by atoms with Crippen molar-refractivity contribution < 1.29 is 9.90 Å². The topological polar surface area (TPSA) is 95.1 Å². The Labute approximate surface area is 144 Å². The Morgan fingerprint density at radius 2 is 1.96 bits per heavy atom. The second kappa shape index (κ2) is 7.59. The van der Waals surface area contributed by atoms with Gasteiger partial charge in [0.15, 0.2) is 0 Å². The Morgan fingerprint density at radius 1 is 1.33 bits per heavy atom. The lowest BCUT2D eigenvalue weighted by molar-refractivity contribution is 0.0913. The minimum Gasteiger partial charge on any atom is -0.387 e. The molecule has 2 aromatic rings. The van der Waals surface area contributed by atoms with E-state index >= 15 is 0 Å². The molecule has 0 saturated heterocycles. The fourth-order valence-electron chi connectivity index (χ4n) is 2.23. The normalized spacial score (nSPS) is 12.2. The number of aliphatic hydroxyl groups excluding tert-OH is 1. The summed E-state index contributed by atoms with van der Waals surface area (Å²) in [5.74, 6) is 0.0278. The van der Waals surface area contributed by atoms with Gasteiger partial charge in [-0.3, -0.25) is 9.59 Å². The molecule has 2 rings (SSSR count). The molecule has 0 spiro atoms. The number of halogens is 1. The second-order valence-electron chi connectivity index (χ2n) is 5.84. The highest BCUT2D eigenvalue weighted by molar-refractivity contribution is 6.30. The average molecular weight is 350 g/mol. The van der Waals surface area contributed by atoms with E-state index in [2.05, 4.69) is 15.3 Å². The summed E-state index contributed by atoms with van der Waals surface area (Å²) in [5.41, 5.74) is 0.465.